The molecule has 0 aliphatic carbocycles. The van der Waals surface area contributed by atoms with E-state index in [0.717, 1.165) is 24.1 Å². The minimum atomic E-state index is -0.0660. The van der Waals surface area contributed by atoms with Gasteiger partial charge in [-0.2, -0.15) is 0 Å². The molecule has 2 aromatic rings. The zero-order valence-electron chi connectivity index (χ0n) is 11.2. The Hall–Kier alpha value is -1.39. The number of benzene rings is 1. The molecule has 0 saturated carbocycles. The molecule has 2 rings (SSSR count). The molecule has 0 radical (unpaired) electrons. The summed E-state index contributed by atoms with van der Waals surface area (Å²) >= 11 is 0. The fourth-order valence-corrected chi connectivity index (χ4v) is 1.91. The van der Waals surface area contributed by atoms with Gasteiger partial charge in [-0.15, -0.1) is 0 Å². The minimum absolute atomic E-state index is 0.0660. The molecule has 0 fully saturated rings. The maximum absolute atomic E-state index is 8.98. The average Bonchev–Trinajstić information content (AvgIpc) is 2.65. The molecule has 0 bridgehead atoms. The summed E-state index contributed by atoms with van der Waals surface area (Å²) in [4.78, 5) is 4.32. The van der Waals surface area contributed by atoms with E-state index in [0.29, 0.717) is 5.89 Å². The normalized spacial score (nSPS) is 12.2. The van der Waals surface area contributed by atoms with Crippen molar-refractivity contribution in [2.75, 3.05) is 6.61 Å². The molecule has 0 saturated heterocycles. The fourth-order valence-electron chi connectivity index (χ4n) is 1.91. The molecule has 1 aromatic heterocycles. The van der Waals surface area contributed by atoms with Crippen LogP contribution in [0.1, 0.15) is 31.7 Å². The summed E-state index contributed by atoms with van der Waals surface area (Å²) < 4.78 is 5.44. The number of aliphatic hydroxyl groups excluding tert-OH is 1. The number of aryl methyl sites for hydroxylation is 1. The molecular weight excluding hydrogens is 228 g/mol. The maximum atomic E-state index is 8.98. The molecule has 4 heteroatoms. The van der Waals surface area contributed by atoms with Gasteiger partial charge in [0, 0.05) is 25.6 Å². The molecule has 98 valence electrons. The van der Waals surface area contributed by atoms with Crippen LogP contribution in [0.5, 0.6) is 0 Å². The standard InChI is InChI=1S/C14H20N2O2/c1-10-16-12-8-11(4-5-13(12)18-10)9-15-14(2,3)6-7-17/h4-5,8,15,17H,6-7,9H2,1-3H3. The second-order valence-electron chi connectivity index (χ2n) is 5.25. The van der Waals surface area contributed by atoms with Crippen molar-refractivity contribution in [3.05, 3.63) is 29.7 Å². The van der Waals surface area contributed by atoms with Gasteiger partial charge in [0.05, 0.1) is 0 Å². The topological polar surface area (TPSA) is 58.3 Å². The molecule has 0 spiro atoms. The highest BCUT2D eigenvalue weighted by Crippen LogP contribution is 2.17. The number of hydrogen-bond donors (Lipinski definition) is 2. The van der Waals surface area contributed by atoms with E-state index in [1.807, 2.05) is 25.1 Å². The number of hydrogen-bond acceptors (Lipinski definition) is 4. The number of nitrogens with zero attached hydrogens (tertiary/aromatic N) is 1. The van der Waals surface area contributed by atoms with Crippen LogP contribution in [-0.4, -0.2) is 22.2 Å². The smallest absolute Gasteiger partial charge is 0.192 e. The number of aliphatic hydroxyl groups is 1. The molecular formula is C14H20N2O2. The highest BCUT2D eigenvalue weighted by Gasteiger charge is 2.15. The highest BCUT2D eigenvalue weighted by molar-refractivity contribution is 5.73. The summed E-state index contributed by atoms with van der Waals surface area (Å²) in [6.07, 6.45) is 0.734. The molecule has 4 nitrogen and oxygen atoms in total. The third-order valence-corrected chi connectivity index (χ3v) is 3.07. The second-order valence-corrected chi connectivity index (χ2v) is 5.25. The van der Waals surface area contributed by atoms with Crippen LogP contribution in [0.15, 0.2) is 22.6 Å². The van der Waals surface area contributed by atoms with E-state index in [4.69, 9.17) is 9.52 Å². The Bertz CT molecular complexity index is 532. The van der Waals surface area contributed by atoms with Gasteiger partial charge in [-0.1, -0.05) is 6.07 Å². The van der Waals surface area contributed by atoms with Crippen molar-refractivity contribution in [2.24, 2.45) is 0 Å². The first-order valence-corrected chi connectivity index (χ1v) is 6.22. The predicted molar refractivity (Wildman–Crippen MR) is 71.4 cm³/mol. The first-order chi connectivity index (χ1) is 8.50. The van der Waals surface area contributed by atoms with Gasteiger partial charge < -0.3 is 14.8 Å². The zero-order chi connectivity index (χ0) is 13.2. The Morgan fingerprint density at radius 1 is 1.39 bits per heavy atom. The van der Waals surface area contributed by atoms with E-state index >= 15 is 0 Å². The molecule has 2 N–H and O–H groups in total. The highest BCUT2D eigenvalue weighted by atomic mass is 16.3. The van der Waals surface area contributed by atoms with Crippen LogP contribution in [0.4, 0.5) is 0 Å². The summed E-state index contributed by atoms with van der Waals surface area (Å²) in [5.41, 5.74) is 2.82. The van der Waals surface area contributed by atoms with Crippen LogP contribution in [0.2, 0.25) is 0 Å². The van der Waals surface area contributed by atoms with Crippen LogP contribution < -0.4 is 5.32 Å². The zero-order valence-corrected chi connectivity index (χ0v) is 11.2. The first-order valence-electron chi connectivity index (χ1n) is 6.22. The molecule has 0 aliphatic heterocycles. The number of nitrogens with one attached hydrogen (secondary N) is 1. The summed E-state index contributed by atoms with van der Waals surface area (Å²) in [6, 6.07) is 6.02. The van der Waals surface area contributed by atoms with Gasteiger partial charge in [-0.25, -0.2) is 4.98 Å². The molecule has 0 aliphatic rings. The molecule has 0 amide bonds. The van der Waals surface area contributed by atoms with Gasteiger partial charge in [0.25, 0.3) is 0 Å². The molecule has 18 heavy (non-hydrogen) atoms. The third-order valence-electron chi connectivity index (χ3n) is 3.07. The van der Waals surface area contributed by atoms with Crippen molar-refractivity contribution in [1.29, 1.82) is 0 Å². The van der Waals surface area contributed by atoms with E-state index < -0.39 is 0 Å². The van der Waals surface area contributed by atoms with Gasteiger partial charge in [0.2, 0.25) is 0 Å². The monoisotopic (exact) mass is 248 g/mol. The minimum Gasteiger partial charge on any atom is -0.441 e. The summed E-state index contributed by atoms with van der Waals surface area (Å²) in [5, 5.41) is 12.4. The van der Waals surface area contributed by atoms with Crippen molar-refractivity contribution in [2.45, 2.75) is 39.3 Å². The lowest BCUT2D eigenvalue weighted by Crippen LogP contribution is -2.39. The fraction of sp³-hybridized carbons (Fsp3) is 0.500. The van der Waals surface area contributed by atoms with Crippen LogP contribution in [0.25, 0.3) is 11.1 Å². The van der Waals surface area contributed by atoms with Gasteiger partial charge in [0.15, 0.2) is 11.5 Å². The number of fused-ring (bicyclic) bond motifs is 1. The molecule has 0 unspecified atom stereocenters. The van der Waals surface area contributed by atoms with Crippen LogP contribution in [0.3, 0.4) is 0 Å². The maximum Gasteiger partial charge on any atom is 0.192 e. The van der Waals surface area contributed by atoms with Gasteiger partial charge >= 0.3 is 0 Å². The lowest BCUT2D eigenvalue weighted by atomic mass is 10.0. The van der Waals surface area contributed by atoms with E-state index in [-0.39, 0.29) is 12.1 Å². The Balaban J connectivity index is 2.07. The Morgan fingerprint density at radius 2 is 2.17 bits per heavy atom. The van der Waals surface area contributed by atoms with Crippen LogP contribution in [-0.2, 0) is 6.54 Å². The summed E-state index contributed by atoms with van der Waals surface area (Å²) in [5.74, 6) is 0.690. The predicted octanol–water partition coefficient (Wildman–Crippen LogP) is 2.39. The van der Waals surface area contributed by atoms with Gasteiger partial charge in [-0.05, 0) is 38.0 Å². The molecule has 0 atom stereocenters. The first kappa shape index (κ1) is 13.1. The third kappa shape index (κ3) is 3.09. The quantitative estimate of drug-likeness (QED) is 0.853. The van der Waals surface area contributed by atoms with Crippen molar-refractivity contribution in [1.82, 2.24) is 10.3 Å². The Labute approximate surface area is 107 Å². The Kier molecular flexibility index (Phi) is 3.68. The van der Waals surface area contributed by atoms with E-state index in [2.05, 4.69) is 24.1 Å². The van der Waals surface area contributed by atoms with Crippen molar-refractivity contribution in [3.63, 3.8) is 0 Å². The van der Waals surface area contributed by atoms with E-state index in [9.17, 15) is 0 Å². The number of rotatable bonds is 5. The number of aromatic nitrogens is 1. The van der Waals surface area contributed by atoms with E-state index in [1.165, 1.54) is 5.56 Å². The lowest BCUT2D eigenvalue weighted by molar-refractivity contribution is 0.230. The van der Waals surface area contributed by atoms with Crippen LogP contribution in [0, 0.1) is 6.92 Å². The van der Waals surface area contributed by atoms with Crippen molar-refractivity contribution >= 4 is 11.1 Å². The second kappa shape index (κ2) is 5.08. The van der Waals surface area contributed by atoms with Crippen LogP contribution >= 0.6 is 0 Å². The largest absolute Gasteiger partial charge is 0.441 e. The summed E-state index contributed by atoms with van der Waals surface area (Å²) in [6.45, 7) is 6.97. The lowest BCUT2D eigenvalue weighted by Gasteiger charge is -2.25. The molecule has 1 heterocycles. The van der Waals surface area contributed by atoms with E-state index in [1.54, 1.807) is 0 Å². The van der Waals surface area contributed by atoms with Gasteiger partial charge in [-0.3, -0.25) is 0 Å². The van der Waals surface area contributed by atoms with Crippen molar-refractivity contribution in [3.8, 4) is 0 Å². The summed E-state index contributed by atoms with van der Waals surface area (Å²) in [7, 11) is 0. The molecule has 1 aromatic carbocycles. The SMILES string of the molecule is Cc1nc2cc(CNC(C)(C)CCO)ccc2o1. The Morgan fingerprint density at radius 3 is 2.89 bits per heavy atom. The van der Waals surface area contributed by atoms with Crippen molar-refractivity contribution < 1.29 is 9.52 Å². The number of oxazole rings is 1. The van der Waals surface area contributed by atoms with Gasteiger partial charge in [0.1, 0.15) is 5.52 Å². The average molecular weight is 248 g/mol.